The minimum Gasteiger partial charge on any atom is -0.497 e. The molecule has 3 N–H and O–H groups in total. The number of hydrogen-bond acceptors (Lipinski definition) is 9. The molecule has 10 nitrogen and oxygen atoms in total. The fourth-order valence-electron chi connectivity index (χ4n) is 3.83. The van der Waals surface area contributed by atoms with Crippen LogP contribution in [0.4, 0.5) is 28.8 Å². The van der Waals surface area contributed by atoms with E-state index in [0.29, 0.717) is 34.7 Å². The van der Waals surface area contributed by atoms with E-state index in [1.807, 2.05) is 49.4 Å². The third kappa shape index (κ3) is 7.19. The minimum absolute atomic E-state index is 0.286. The zero-order valence-electron chi connectivity index (χ0n) is 22.9. The van der Waals surface area contributed by atoms with Crippen molar-refractivity contribution in [2.24, 2.45) is 0 Å². The lowest BCUT2D eigenvalue weighted by molar-refractivity contribution is -0.111. The highest BCUT2D eigenvalue weighted by Crippen LogP contribution is 2.38. The molecule has 0 radical (unpaired) electrons. The molecule has 3 aromatic carbocycles. The third-order valence-electron chi connectivity index (χ3n) is 5.74. The monoisotopic (exact) mass is 541 g/mol. The number of carbonyl (C=O) groups excluding carboxylic acids is 1. The lowest BCUT2D eigenvalue weighted by Crippen LogP contribution is -2.07. The van der Waals surface area contributed by atoms with Crippen molar-refractivity contribution in [1.29, 1.82) is 0 Å². The highest BCUT2D eigenvalue weighted by atomic mass is 16.5. The summed E-state index contributed by atoms with van der Waals surface area (Å²) in [6, 6.07) is 20.2. The average molecular weight is 542 g/mol. The highest BCUT2D eigenvalue weighted by molar-refractivity contribution is 6.02. The number of rotatable bonds is 11. The summed E-state index contributed by atoms with van der Waals surface area (Å²) in [4.78, 5) is 21.5. The lowest BCUT2D eigenvalue weighted by Gasteiger charge is -2.12. The summed E-state index contributed by atoms with van der Waals surface area (Å²) in [6.07, 6.45) is 3.10. The maximum absolute atomic E-state index is 12.5. The van der Waals surface area contributed by atoms with E-state index in [2.05, 4.69) is 25.9 Å². The van der Waals surface area contributed by atoms with Gasteiger partial charge in [0.05, 0.1) is 28.4 Å². The predicted octanol–water partition coefficient (Wildman–Crippen LogP) is 5.96. The van der Waals surface area contributed by atoms with Gasteiger partial charge in [-0.2, -0.15) is 4.98 Å². The summed E-state index contributed by atoms with van der Waals surface area (Å²) in [7, 11) is 6.25. The van der Waals surface area contributed by atoms with Crippen LogP contribution in [0.3, 0.4) is 0 Å². The first kappa shape index (κ1) is 27.8. The van der Waals surface area contributed by atoms with Gasteiger partial charge in [0.15, 0.2) is 11.5 Å². The van der Waals surface area contributed by atoms with Crippen molar-refractivity contribution in [2.75, 3.05) is 44.4 Å². The van der Waals surface area contributed by atoms with Crippen molar-refractivity contribution in [3.8, 4) is 23.0 Å². The summed E-state index contributed by atoms with van der Waals surface area (Å²) >= 11 is 0. The number of hydrogen-bond donors (Lipinski definition) is 3. The quantitative estimate of drug-likeness (QED) is 0.198. The van der Waals surface area contributed by atoms with Gasteiger partial charge in [-0.25, -0.2) is 4.98 Å². The van der Waals surface area contributed by atoms with Crippen molar-refractivity contribution in [1.82, 2.24) is 9.97 Å². The Labute approximate surface area is 233 Å². The number of nitrogens with zero attached hydrogens (tertiary/aromatic N) is 2. The molecule has 40 heavy (non-hydrogen) atoms. The molecule has 0 unspecified atom stereocenters. The number of nitrogens with one attached hydrogen (secondary N) is 3. The smallest absolute Gasteiger partial charge is 0.248 e. The molecule has 0 bridgehead atoms. The van der Waals surface area contributed by atoms with E-state index in [4.69, 9.17) is 18.9 Å². The van der Waals surface area contributed by atoms with Gasteiger partial charge in [-0.3, -0.25) is 4.79 Å². The maximum Gasteiger partial charge on any atom is 0.248 e. The van der Waals surface area contributed by atoms with Gasteiger partial charge in [-0.15, -0.1) is 0 Å². The van der Waals surface area contributed by atoms with Crippen LogP contribution in [-0.2, 0) is 4.79 Å². The molecule has 10 heteroatoms. The Morgan fingerprint density at radius 2 is 1.32 bits per heavy atom. The molecule has 0 spiro atoms. The molecular formula is C30H31N5O5. The number of carbonyl (C=O) groups is 1. The molecule has 206 valence electrons. The Morgan fingerprint density at radius 1 is 0.725 bits per heavy atom. The molecular weight excluding hydrogens is 510 g/mol. The van der Waals surface area contributed by atoms with Crippen LogP contribution in [0.25, 0.3) is 6.08 Å². The van der Waals surface area contributed by atoms with Crippen LogP contribution in [0, 0.1) is 6.92 Å². The van der Waals surface area contributed by atoms with Crippen molar-refractivity contribution >= 4 is 40.8 Å². The second-order valence-electron chi connectivity index (χ2n) is 8.56. The van der Waals surface area contributed by atoms with Crippen molar-refractivity contribution in [3.05, 3.63) is 84.1 Å². The number of ether oxygens (including phenoxy) is 4. The van der Waals surface area contributed by atoms with E-state index in [9.17, 15) is 4.79 Å². The van der Waals surface area contributed by atoms with Gasteiger partial charge in [-0.1, -0.05) is 0 Å². The second-order valence-corrected chi connectivity index (χ2v) is 8.56. The fourth-order valence-corrected chi connectivity index (χ4v) is 3.83. The number of aryl methyl sites for hydroxylation is 1. The predicted molar refractivity (Wildman–Crippen MR) is 157 cm³/mol. The zero-order valence-corrected chi connectivity index (χ0v) is 22.9. The van der Waals surface area contributed by atoms with Crippen LogP contribution in [0.1, 0.15) is 11.3 Å². The second kappa shape index (κ2) is 13.0. The SMILES string of the molecule is COc1ccc(Nc2cc(C)nc(Nc3ccc(NC(=O)/C=C/c4cc(OC)c(OC)c(OC)c4)cc3)n2)cc1. The molecule has 0 atom stereocenters. The first-order chi connectivity index (χ1) is 19.4. The normalized spacial score (nSPS) is 10.6. The standard InChI is InChI=1S/C30H31N5O5/c1-19-16-27(32-21-11-13-24(37-2)14-12-21)35-30(31-19)34-23-9-7-22(8-10-23)33-28(36)15-6-20-17-25(38-3)29(40-5)26(18-20)39-4/h6-18H,1-5H3,(H,33,36)(H2,31,32,34,35)/b15-6+. The number of aromatic nitrogens is 2. The fraction of sp³-hybridized carbons (Fsp3) is 0.167. The summed E-state index contributed by atoms with van der Waals surface area (Å²) in [5.41, 5.74) is 3.81. The Balaban J connectivity index is 1.38. The number of amides is 1. The van der Waals surface area contributed by atoms with E-state index in [1.165, 1.54) is 13.2 Å². The first-order valence-corrected chi connectivity index (χ1v) is 12.3. The molecule has 0 saturated heterocycles. The van der Waals surface area contributed by atoms with Gasteiger partial charge in [-0.05, 0) is 79.2 Å². The minimum atomic E-state index is -0.286. The van der Waals surface area contributed by atoms with E-state index < -0.39 is 0 Å². The molecule has 0 aliphatic carbocycles. The summed E-state index contributed by atoms with van der Waals surface area (Å²) in [5.74, 6) is 3.09. The van der Waals surface area contributed by atoms with Crippen LogP contribution in [0.15, 0.2) is 72.8 Å². The van der Waals surface area contributed by atoms with E-state index in [1.54, 1.807) is 51.7 Å². The molecule has 4 aromatic rings. The molecule has 1 aromatic heterocycles. The summed E-state index contributed by atoms with van der Waals surface area (Å²) < 4.78 is 21.3. The van der Waals surface area contributed by atoms with Gasteiger partial charge >= 0.3 is 0 Å². The number of anilines is 5. The van der Waals surface area contributed by atoms with Gasteiger partial charge in [0.1, 0.15) is 11.6 Å². The third-order valence-corrected chi connectivity index (χ3v) is 5.74. The average Bonchev–Trinajstić information content (AvgIpc) is 2.96. The zero-order chi connectivity index (χ0) is 28.5. The Kier molecular flexibility index (Phi) is 9.03. The van der Waals surface area contributed by atoms with Crippen molar-refractivity contribution in [3.63, 3.8) is 0 Å². The Morgan fingerprint density at radius 3 is 1.93 bits per heavy atom. The molecule has 0 fully saturated rings. The van der Waals surface area contributed by atoms with Crippen LogP contribution >= 0.6 is 0 Å². The maximum atomic E-state index is 12.5. The van der Waals surface area contributed by atoms with Crippen molar-refractivity contribution in [2.45, 2.75) is 6.92 Å². The lowest BCUT2D eigenvalue weighted by atomic mass is 10.1. The highest BCUT2D eigenvalue weighted by Gasteiger charge is 2.12. The molecule has 1 amide bonds. The number of benzene rings is 3. The van der Waals surface area contributed by atoms with Crippen molar-refractivity contribution < 1.29 is 23.7 Å². The Hall–Kier alpha value is -5.25. The van der Waals surface area contributed by atoms with Gasteiger partial charge in [0.25, 0.3) is 0 Å². The summed E-state index contributed by atoms with van der Waals surface area (Å²) in [6.45, 7) is 1.90. The van der Waals surface area contributed by atoms with E-state index in [0.717, 1.165) is 28.4 Å². The van der Waals surface area contributed by atoms with Crippen LogP contribution < -0.4 is 34.9 Å². The molecule has 0 aliphatic heterocycles. The van der Waals surface area contributed by atoms with E-state index >= 15 is 0 Å². The molecule has 1 heterocycles. The van der Waals surface area contributed by atoms with Crippen LogP contribution in [-0.4, -0.2) is 44.3 Å². The molecule has 0 saturated carbocycles. The van der Waals surface area contributed by atoms with Crippen LogP contribution in [0.5, 0.6) is 23.0 Å². The first-order valence-electron chi connectivity index (χ1n) is 12.3. The van der Waals surface area contributed by atoms with Gasteiger partial charge < -0.3 is 34.9 Å². The van der Waals surface area contributed by atoms with E-state index in [-0.39, 0.29) is 5.91 Å². The van der Waals surface area contributed by atoms with Gasteiger partial charge in [0, 0.05) is 34.9 Å². The number of methoxy groups -OCH3 is 4. The molecule has 0 aliphatic rings. The molecule has 4 rings (SSSR count). The van der Waals surface area contributed by atoms with Gasteiger partial charge in [0.2, 0.25) is 17.6 Å². The summed E-state index contributed by atoms with van der Waals surface area (Å²) in [5, 5.41) is 9.32. The largest absolute Gasteiger partial charge is 0.497 e. The van der Waals surface area contributed by atoms with Crippen LogP contribution in [0.2, 0.25) is 0 Å². The topological polar surface area (TPSA) is 116 Å². The Bertz CT molecular complexity index is 1460.